The monoisotopic (exact) mass is 490 g/mol. The summed E-state index contributed by atoms with van der Waals surface area (Å²) in [5.74, 6) is -2.74. The van der Waals surface area contributed by atoms with Crippen LogP contribution in [0.15, 0.2) is 24.3 Å². The van der Waals surface area contributed by atoms with Gasteiger partial charge in [0.05, 0.1) is 23.0 Å². The lowest BCUT2D eigenvalue weighted by atomic mass is 9.82. The van der Waals surface area contributed by atoms with Crippen LogP contribution in [-0.4, -0.2) is 53.5 Å². The van der Waals surface area contributed by atoms with Crippen molar-refractivity contribution >= 4 is 37.4 Å². The third-order valence-electron chi connectivity index (χ3n) is 6.34. The first-order valence-corrected chi connectivity index (χ1v) is 13.7. The molecular formula is C22H30N4O7Si. The van der Waals surface area contributed by atoms with Crippen molar-refractivity contribution in [3.8, 4) is 0 Å². The average Bonchev–Trinajstić information content (AvgIpc) is 2.71. The summed E-state index contributed by atoms with van der Waals surface area (Å²) >= 11 is 0. The molecule has 1 aromatic rings. The number of nitrogens with zero attached hydrogens (tertiary/aromatic N) is 3. The Balaban J connectivity index is 1.98. The lowest BCUT2D eigenvalue weighted by Gasteiger charge is -2.45. The van der Waals surface area contributed by atoms with E-state index >= 15 is 0 Å². The molecule has 0 aliphatic carbocycles. The summed E-state index contributed by atoms with van der Waals surface area (Å²) in [5.41, 5.74) is 8.76. The Morgan fingerprint density at radius 2 is 1.85 bits per heavy atom. The first-order chi connectivity index (χ1) is 15.7. The van der Waals surface area contributed by atoms with E-state index in [9.17, 15) is 30.0 Å². The number of nitro benzene ring substituents is 1. The molecule has 1 aliphatic rings. The number of carbonyl (C=O) groups excluding carboxylic acids is 3. The fraction of sp³-hybridized carbons (Fsp3) is 0.545. The number of ether oxygens (including phenoxy) is 1. The maximum absolute atomic E-state index is 12.6. The van der Waals surface area contributed by atoms with Gasteiger partial charge in [0.15, 0.2) is 8.32 Å². The summed E-state index contributed by atoms with van der Waals surface area (Å²) in [4.78, 5) is 50.0. The van der Waals surface area contributed by atoms with Gasteiger partial charge in [-0.2, -0.15) is 4.79 Å². The van der Waals surface area contributed by atoms with E-state index < -0.39 is 48.8 Å². The minimum Gasteiger partial charge on any atom is -0.452 e. The van der Waals surface area contributed by atoms with Gasteiger partial charge in [-0.05, 0) is 42.8 Å². The van der Waals surface area contributed by atoms with E-state index in [4.69, 9.17) is 9.16 Å². The number of β-lactam (4-membered cyclic amide) rings is 1. The van der Waals surface area contributed by atoms with E-state index in [1.807, 2.05) is 0 Å². The zero-order chi connectivity index (χ0) is 25.8. The van der Waals surface area contributed by atoms with Crippen LogP contribution in [0.2, 0.25) is 18.1 Å². The second kappa shape index (κ2) is 10.4. The summed E-state index contributed by atoms with van der Waals surface area (Å²) in [6.45, 7) is 11.9. The van der Waals surface area contributed by atoms with E-state index in [0.717, 1.165) is 0 Å². The van der Waals surface area contributed by atoms with Gasteiger partial charge >= 0.3 is 11.7 Å². The van der Waals surface area contributed by atoms with Gasteiger partial charge in [0, 0.05) is 18.6 Å². The zero-order valence-corrected chi connectivity index (χ0v) is 21.2. The Kier molecular flexibility index (Phi) is 8.25. The van der Waals surface area contributed by atoms with E-state index in [1.165, 1.54) is 24.3 Å². The van der Waals surface area contributed by atoms with Gasteiger partial charge in [-0.1, -0.05) is 20.8 Å². The van der Waals surface area contributed by atoms with Crippen LogP contribution in [0.1, 0.15) is 39.7 Å². The average molecular weight is 491 g/mol. The SMILES string of the molecule is CC(O[Si](C)(C)C(C)(C)C)C1C(=O)NC1CC(=O)C(=[N+]=[N-])C(=O)OCc1ccc([N+](=O)[O-])cc1. The first kappa shape index (κ1) is 27.0. The number of nitro groups is 1. The Labute approximate surface area is 198 Å². The molecule has 184 valence electrons. The van der Waals surface area contributed by atoms with Crippen LogP contribution in [0.25, 0.3) is 5.53 Å². The number of hydrogen-bond acceptors (Lipinski definition) is 7. The quantitative estimate of drug-likeness (QED) is 0.0607. The molecule has 0 radical (unpaired) electrons. The molecule has 34 heavy (non-hydrogen) atoms. The van der Waals surface area contributed by atoms with Crippen molar-refractivity contribution in [1.82, 2.24) is 5.32 Å². The van der Waals surface area contributed by atoms with Crippen LogP contribution in [0.3, 0.4) is 0 Å². The molecule has 1 amide bonds. The van der Waals surface area contributed by atoms with E-state index in [-0.39, 0.29) is 29.7 Å². The van der Waals surface area contributed by atoms with Crippen molar-refractivity contribution in [2.45, 2.75) is 71.0 Å². The van der Waals surface area contributed by atoms with Gasteiger partial charge in [-0.3, -0.25) is 19.7 Å². The predicted molar refractivity (Wildman–Crippen MR) is 124 cm³/mol. The van der Waals surface area contributed by atoms with Crippen LogP contribution >= 0.6 is 0 Å². The molecule has 2 rings (SSSR count). The predicted octanol–water partition coefficient (Wildman–Crippen LogP) is 2.79. The minimum absolute atomic E-state index is 0.0586. The number of amides is 1. The lowest BCUT2D eigenvalue weighted by Crippen LogP contribution is -2.64. The summed E-state index contributed by atoms with van der Waals surface area (Å²) in [5, 5.41) is 13.3. The van der Waals surface area contributed by atoms with Crippen molar-refractivity contribution in [1.29, 1.82) is 0 Å². The summed E-state index contributed by atoms with van der Waals surface area (Å²) < 4.78 is 11.3. The fourth-order valence-corrected chi connectivity index (χ4v) is 4.76. The molecule has 1 heterocycles. The molecule has 0 spiro atoms. The highest BCUT2D eigenvalue weighted by atomic mass is 28.4. The molecule has 1 aromatic carbocycles. The summed E-state index contributed by atoms with van der Waals surface area (Å²) in [7, 11) is -2.15. The highest BCUT2D eigenvalue weighted by Crippen LogP contribution is 2.39. The number of non-ortho nitro benzene ring substituents is 1. The molecule has 3 unspecified atom stereocenters. The van der Waals surface area contributed by atoms with E-state index in [2.05, 4.69) is 44.0 Å². The largest absolute Gasteiger partial charge is 0.452 e. The number of ketones is 1. The van der Waals surface area contributed by atoms with Crippen molar-refractivity contribution < 1.29 is 33.3 Å². The molecule has 0 aromatic heterocycles. The molecule has 1 N–H and O–H groups in total. The standard InChI is InChI=1S/C22H30N4O7Si/c1-13(33-34(5,6)22(2,3)4)18-16(24-20(18)28)11-17(27)19(25-23)21(29)32-12-14-7-9-15(10-8-14)26(30)31/h7-10,13,16,18H,11-12H2,1-6H3,(H,24,28). The number of Topliss-reactive ketones (excluding diaryl/α,β-unsaturated/α-hetero) is 1. The van der Waals surface area contributed by atoms with Crippen LogP contribution in [0, 0.1) is 16.0 Å². The number of carbonyl (C=O) groups is 3. The van der Waals surface area contributed by atoms with Gasteiger partial charge in [-0.15, -0.1) is 0 Å². The van der Waals surface area contributed by atoms with Crippen LogP contribution < -0.4 is 5.32 Å². The van der Waals surface area contributed by atoms with Gasteiger partial charge in [0.25, 0.3) is 11.5 Å². The Hall–Kier alpha value is -3.21. The summed E-state index contributed by atoms with van der Waals surface area (Å²) in [6.07, 6.45) is -0.691. The number of rotatable bonds is 10. The number of benzene rings is 1. The van der Waals surface area contributed by atoms with Crippen molar-refractivity contribution in [2.24, 2.45) is 5.92 Å². The smallest absolute Gasteiger partial charge is 0.441 e. The number of esters is 1. The third-order valence-corrected chi connectivity index (χ3v) is 10.9. The molecule has 1 aliphatic heterocycles. The Morgan fingerprint density at radius 3 is 2.32 bits per heavy atom. The first-order valence-electron chi connectivity index (χ1n) is 10.8. The van der Waals surface area contributed by atoms with E-state index in [0.29, 0.717) is 5.56 Å². The molecule has 12 heteroatoms. The molecule has 11 nitrogen and oxygen atoms in total. The molecule has 1 saturated heterocycles. The van der Waals surface area contributed by atoms with Crippen molar-refractivity contribution in [3.05, 3.63) is 45.5 Å². The topological polar surface area (TPSA) is 161 Å². The fourth-order valence-electron chi connectivity index (χ4n) is 3.33. The zero-order valence-electron chi connectivity index (χ0n) is 20.2. The Bertz CT molecular complexity index is 1030. The second-order valence-corrected chi connectivity index (χ2v) is 14.6. The lowest BCUT2D eigenvalue weighted by molar-refractivity contribution is -0.384. The van der Waals surface area contributed by atoms with Gasteiger partial charge in [0.1, 0.15) is 6.61 Å². The minimum atomic E-state index is -2.15. The van der Waals surface area contributed by atoms with Gasteiger partial charge in [0.2, 0.25) is 5.91 Å². The Morgan fingerprint density at radius 1 is 1.26 bits per heavy atom. The highest BCUT2D eigenvalue weighted by molar-refractivity contribution is 6.74. The number of hydrogen-bond donors (Lipinski definition) is 1. The van der Waals surface area contributed by atoms with Gasteiger partial charge in [-0.25, -0.2) is 4.79 Å². The van der Waals surface area contributed by atoms with E-state index in [1.54, 1.807) is 6.92 Å². The van der Waals surface area contributed by atoms with Crippen molar-refractivity contribution in [3.63, 3.8) is 0 Å². The molecule has 3 atom stereocenters. The van der Waals surface area contributed by atoms with Gasteiger partial charge < -0.3 is 20.0 Å². The molecule has 1 fully saturated rings. The van der Waals surface area contributed by atoms with Crippen LogP contribution in [0.4, 0.5) is 5.69 Å². The van der Waals surface area contributed by atoms with Crippen LogP contribution in [-0.2, 0) is 30.2 Å². The maximum Gasteiger partial charge on any atom is 0.441 e. The molecular weight excluding hydrogens is 460 g/mol. The summed E-state index contributed by atoms with van der Waals surface area (Å²) in [6, 6.07) is 4.74. The highest BCUT2D eigenvalue weighted by Gasteiger charge is 2.49. The maximum atomic E-state index is 12.6. The third kappa shape index (κ3) is 6.22. The number of nitrogens with one attached hydrogen (secondary N) is 1. The molecule has 0 saturated carbocycles. The second-order valence-electron chi connectivity index (χ2n) is 9.80. The van der Waals surface area contributed by atoms with Crippen molar-refractivity contribution in [2.75, 3.05) is 0 Å². The molecule has 0 bridgehead atoms. The normalized spacial score (nSPS) is 18.7. The van der Waals surface area contributed by atoms with Crippen LogP contribution in [0.5, 0.6) is 0 Å².